The molecule has 1 nitrogen and oxygen atoms in total. The van der Waals surface area contributed by atoms with Gasteiger partial charge in [-0.05, 0) is 6.20 Å². The average Bonchev–Trinajstić information content (AvgIpc) is 1.85. The summed E-state index contributed by atoms with van der Waals surface area (Å²) in [5.74, 6) is 0. The zero-order valence-electron chi connectivity index (χ0n) is 6.46. The van der Waals surface area contributed by atoms with Crippen molar-refractivity contribution in [2.24, 2.45) is 0 Å². The van der Waals surface area contributed by atoms with Crippen molar-refractivity contribution in [2.45, 2.75) is 6.82 Å². The molecule has 10 heavy (non-hydrogen) atoms. The standard InChI is InChI=1S/C7H10B2N/c1-9-7-3-6(8)4-10(2)5-7/h3,5H,4H2,1-2H3. The Morgan fingerprint density at radius 2 is 2.40 bits per heavy atom. The Morgan fingerprint density at radius 1 is 1.70 bits per heavy atom. The summed E-state index contributed by atoms with van der Waals surface area (Å²) in [6.45, 7) is 2.85. The summed E-state index contributed by atoms with van der Waals surface area (Å²) in [6, 6.07) is 0. The number of likely N-dealkylation sites (N-methyl/N-ethyl adjacent to an activating group) is 1. The first-order chi connectivity index (χ1) is 4.72. The van der Waals surface area contributed by atoms with Gasteiger partial charge in [-0.25, -0.2) is 0 Å². The minimum Gasteiger partial charge on any atom is -0.378 e. The minimum atomic E-state index is 0.845. The van der Waals surface area contributed by atoms with Gasteiger partial charge in [-0.15, -0.1) is 0 Å². The first-order valence-corrected chi connectivity index (χ1v) is 3.40. The third-order valence-corrected chi connectivity index (χ3v) is 1.49. The zero-order valence-corrected chi connectivity index (χ0v) is 6.46. The highest BCUT2D eigenvalue weighted by Gasteiger charge is 2.02. The minimum absolute atomic E-state index is 0.845. The quantitative estimate of drug-likeness (QED) is 0.469. The molecule has 0 bridgehead atoms. The van der Waals surface area contributed by atoms with E-state index in [1.807, 2.05) is 27.2 Å². The van der Waals surface area contributed by atoms with Crippen LogP contribution in [0.1, 0.15) is 0 Å². The maximum Gasteiger partial charge on any atom is 0.150 e. The van der Waals surface area contributed by atoms with Crippen LogP contribution in [0, 0.1) is 0 Å². The fourth-order valence-electron chi connectivity index (χ4n) is 1.04. The van der Waals surface area contributed by atoms with Crippen LogP contribution in [-0.4, -0.2) is 33.6 Å². The van der Waals surface area contributed by atoms with Gasteiger partial charge in [-0.2, -0.15) is 0 Å². The number of allylic oxidation sites excluding steroid dienone is 2. The number of nitrogens with zero attached hydrogens (tertiary/aromatic N) is 1. The van der Waals surface area contributed by atoms with Crippen LogP contribution in [0.25, 0.3) is 0 Å². The molecule has 0 aromatic carbocycles. The topological polar surface area (TPSA) is 3.24 Å². The van der Waals surface area contributed by atoms with Crippen molar-refractivity contribution in [2.75, 3.05) is 13.6 Å². The molecule has 0 atom stereocenters. The predicted octanol–water partition coefficient (Wildman–Crippen LogP) is 0.578. The number of hydrogen-bond donors (Lipinski definition) is 0. The van der Waals surface area contributed by atoms with Gasteiger partial charge in [0, 0.05) is 13.6 Å². The molecule has 1 aliphatic heterocycles. The molecule has 0 aliphatic carbocycles. The zero-order chi connectivity index (χ0) is 7.56. The molecule has 0 fully saturated rings. The van der Waals surface area contributed by atoms with E-state index < -0.39 is 0 Å². The molecule has 0 N–H and O–H groups in total. The van der Waals surface area contributed by atoms with Crippen LogP contribution in [0.15, 0.2) is 23.2 Å². The van der Waals surface area contributed by atoms with Gasteiger partial charge in [-0.3, -0.25) is 0 Å². The summed E-state index contributed by atoms with van der Waals surface area (Å²) in [6.07, 6.45) is 4.08. The van der Waals surface area contributed by atoms with Crippen molar-refractivity contribution < 1.29 is 0 Å². The van der Waals surface area contributed by atoms with Gasteiger partial charge in [-0.1, -0.05) is 23.8 Å². The first kappa shape index (κ1) is 7.52. The van der Waals surface area contributed by atoms with E-state index in [0.29, 0.717) is 0 Å². The Hall–Kier alpha value is -0.590. The van der Waals surface area contributed by atoms with Crippen LogP contribution in [0.3, 0.4) is 0 Å². The number of rotatable bonds is 1. The molecule has 0 saturated carbocycles. The third-order valence-electron chi connectivity index (χ3n) is 1.49. The first-order valence-electron chi connectivity index (χ1n) is 3.40. The number of hydrogen-bond acceptors (Lipinski definition) is 1. The summed E-state index contributed by atoms with van der Waals surface area (Å²) in [7, 11) is 9.71. The highest BCUT2D eigenvalue weighted by molar-refractivity contribution is 6.45. The Bertz CT molecular complexity index is 184. The van der Waals surface area contributed by atoms with Crippen molar-refractivity contribution in [3.63, 3.8) is 0 Å². The second-order valence-electron chi connectivity index (χ2n) is 2.55. The van der Waals surface area contributed by atoms with E-state index in [2.05, 4.69) is 11.1 Å². The smallest absolute Gasteiger partial charge is 0.150 e. The van der Waals surface area contributed by atoms with Crippen molar-refractivity contribution in [3.05, 3.63) is 23.2 Å². The maximum atomic E-state index is 5.65. The Balaban J connectivity index is 2.72. The molecule has 1 rings (SSSR count). The SMILES string of the molecule is [B]C1=CC([B]C)=CN(C)C1. The van der Waals surface area contributed by atoms with Crippen LogP contribution < -0.4 is 0 Å². The highest BCUT2D eigenvalue weighted by Crippen LogP contribution is 2.07. The average molecular weight is 130 g/mol. The Kier molecular flexibility index (Phi) is 2.25. The van der Waals surface area contributed by atoms with E-state index in [1.165, 1.54) is 5.47 Å². The van der Waals surface area contributed by atoms with E-state index in [9.17, 15) is 0 Å². The Morgan fingerprint density at radius 3 is 2.90 bits per heavy atom. The largest absolute Gasteiger partial charge is 0.378 e. The monoisotopic (exact) mass is 130 g/mol. The molecule has 3 heteroatoms. The van der Waals surface area contributed by atoms with E-state index in [4.69, 9.17) is 7.85 Å². The second-order valence-corrected chi connectivity index (χ2v) is 2.55. The molecule has 3 radical (unpaired) electrons. The van der Waals surface area contributed by atoms with Crippen molar-refractivity contribution >= 4 is 15.1 Å². The van der Waals surface area contributed by atoms with Crippen molar-refractivity contribution in [1.82, 2.24) is 4.90 Å². The van der Waals surface area contributed by atoms with Crippen molar-refractivity contribution in [1.29, 1.82) is 0 Å². The van der Waals surface area contributed by atoms with Crippen LogP contribution in [0.5, 0.6) is 0 Å². The lowest BCUT2D eigenvalue weighted by Gasteiger charge is -2.21. The van der Waals surface area contributed by atoms with Crippen LogP contribution >= 0.6 is 0 Å². The van der Waals surface area contributed by atoms with Crippen LogP contribution in [-0.2, 0) is 0 Å². The molecule has 0 spiro atoms. The molecule has 49 valence electrons. The molecular formula is C7H10B2N. The lowest BCUT2D eigenvalue weighted by atomic mass is 9.70. The third kappa shape index (κ3) is 1.69. The molecular weight excluding hydrogens is 120 g/mol. The summed E-state index contributed by atoms with van der Waals surface area (Å²) >= 11 is 0. The maximum absolute atomic E-state index is 5.65. The van der Waals surface area contributed by atoms with Crippen molar-refractivity contribution in [3.8, 4) is 0 Å². The van der Waals surface area contributed by atoms with Gasteiger partial charge in [0.05, 0.1) is 0 Å². The van der Waals surface area contributed by atoms with Gasteiger partial charge in [0.2, 0.25) is 0 Å². The molecule has 0 amide bonds. The van der Waals surface area contributed by atoms with Crippen LogP contribution in [0.2, 0.25) is 6.82 Å². The lowest BCUT2D eigenvalue weighted by molar-refractivity contribution is 0.498. The molecule has 1 heterocycles. The molecule has 0 aromatic heterocycles. The van der Waals surface area contributed by atoms with Crippen LogP contribution in [0.4, 0.5) is 0 Å². The molecule has 0 unspecified atom stereocenters. The van der Waals surface area contributed by atoms with Gasteiger partial charge >= 0.3 is 0 Å². The van der Waals surface area contributed by atoms with Gasteiger partial charge in [0.25, 0.3) is 0 Å². The fraction of sp³-hybridized carbons (Fsp3) is 0.429. The lowest BCUT2D eigenvalue weighted by Crippen LogP contribution is -2.19. The molecule has 0 aromatic rings. The summed E-state index contributed by atoms with van der Waals surface area (Å²) in [4.78, 5) is 2.07. The highest BCUT2D eigenvalue weighted by atomic mass is 15.1. The van der Waals surface area contributed by atoms with Gasteiger partial charge in [0.15, 0.2) is 0 Å². The molecule has 1 aliphatic rings. The van der Waals surface area contributed by atoms with E-state index in [-0.39, 0.29) is 0 Å². The molecule has 0 saturated heterocycles. The van der Waals surface area contributed by atoms with E-state index in [0.717, 1.165) is 12.0 Å². The normalized spacial score (nSPS) is 18.0. The summed E-state index contributed by atoms with van der Waals surface area (Å²) in [5.41, 5.74) is 2.12. The Labute approximate surface area is 64.4 Å². The summed E-state index contributed by atoms with van der Waals surface area (Å²) < 4.78 is 0. The van der Waals surface area contributed by atoms with Gasteiger partial charge < -0.3 is 4.90 Å². The second kappa shape index (κ2) is 3.00. The summed E-state index contributed by atoms with van der Waals surface area (Å²) in [5, 5.41) is 0. The fourth-order valence-corrected chi connectivity index (χ4v) is 1.04. The predicted molar refractivity (Wildman–Crippen MR) is 46.2 cm³/mol. The van der Waals surface area contributed by atoms with E-state index >= 15 is 0 Å². The van der Waals surface area contributed by atoms with E-state index in [1.54, 1.807) is 0 Å². The van der Waals surface area contributed by atoms with Gasteiger partial charge in [0.1, 0.15) is 15.1 Å².